The summed E-state index contributed by atoms with van der Waals surface area (Å²) in [5.74, 6) is 0. The van der Waals surface area contributed by atoms with Gasteiger partial charge < -0.3 is 10.6 Å². The summed E-state index contributed by atoms with van der Waals surface area (Å²) in [5.41, 5.74) is 4.42. The quantitative estimate of drug-likeness (QED) is 0.815. The van der Waals surface area contributed by atoms with Gasteiger partial charge in [0.15, 0.2) is 0 Å². The topological polar surface area (TPSA) is 24.1 Å². The lowest BCUT2D eigenvalue weighted by atomic mass is 9.87. The third-order valence-electron chi connectivity index (χ3n) is 3.53. The minimum atomic E-state index is 0.680. The van der Waals surface area contributed by atoms with Gasteiger partial charge in [0.2, 0.25) is 0 Å². The van der Waals surface area contributed by atoms with E-state index in [1.54, 1.807) is 5.56 Å². The Hall–Kier alpha value is -1.02. The van der Waals surface area contributed by atoms with Crippen LogP contribution in [0.25, 0.3) is 0 Å². The minimum Gasteiger partial charge on any atom is -0.385 e. The molecule has 1 unspecified atom stereocenters. The van der Waals surface area contributed by atoms with Crippen LogP contribution in [0.4, 0.5) is 5.69 Å². The van der Waals surface area contributed by atoms with Crippen LogP contribution in [0.1, 0.15) is 37.8 Å². The summed E-state index contributed by atoms with van der Waals surface area (Å²) in [6, 6.07) is 7.36. The summed E-state index contributed by atoms with van der Waals surface area (Å²) in [6.45, 7) is 6.54. The largest absolute Gasteiger partial charge is 0.385 e. The summed E-state index contributed by atoms with van der Waals surface area (Å²) in [4.78, 5) is 0. The molecule has 0 saturated heterocycles. The second-order valence-electron chi connectivity index (χ2n) is 4.87. The van der Waals surface area contributed by atoms with Gasteiger partial charge in [-0.1, -0.05) is 19.1 Å². The molecule has 1 aromatic carbocycles. The van der Waals surface area contributed by atoms with E-state index in [2.05, 4.69) is 42.7 Å². The zero-order valence-corrected chi connectivity index (χ0v) is 11.1. The van der Waals surface area contributed by atoms with E-state index in [0.717, 1.165) is 13.1 Å². The number of fused-ring (bicyclic) bond motifs is 1. The second kappa shape index (κ2) is 6.06. The van der Waals surface area contributed by atoms with E-state index in [4.69, 9.17) is 0 Å². The van der Waals surface area contributed by atoms with Gasteiger partial charge in [-0.05, 0) is 56.3 Å². The van der Waals surface area contributed by atoms with Crippen LogP contribution in [0.2, 0.25) is 0 Å². The average molecular weight is 232 g/mol. The number of hydrogen-bond donors (Lipinski definition) is 2. The second-order valence-corrected chi connectivity index (χ2v) is 4.87. The van der Waals surface area contributed by atoms with E-state index in [1.165, 1.54) is 36.9 Å². The molecular formula is C15H24N2. The van der Waals surface area contributed by atoms with Crippen molar-refractivity contribution in [1.29, 1.82) is 0 Å². The summed E-state index contributed by atoms with van der Waals surface area (Å²) in [5, 5.41) is 7.12. The molecule has 0 radical (unpaired) electrons. The lowest BCUT2D eigenvalue weighted by Gasteiger charge is -2.27. The Labute approximate surface area is 105 Å². The average Bonchev–Trinajstić information content (AvgIpc) is 2.37. The maximum Gasteiger partial charge on any atom is 0.0375 e. The van der Waals surface area contributed by atoms with Gasteiger partial charge in [-0.3, -0.25) is 0 Å². The van der Waals surface area contributed by atoms with E-state index in [-0.39, 0.29) is 0 Å². The maximum absolute atomic E-state index is 3.64. The van der Waals surface area contributed by atoms with Gasteiger partial charge in [-0.15, -0.1) is 0 Å². The minimum absolute atomic E-state index is 0.680. The maximum atomic E-state index is 3.64. The van der Waals surface area contributed by atoms with E-state index in [1.807, 2.05) is 0 Å². The molecule has 1 aromatic rings. The van der Waals surface area contributed by atoms with Crippen molar-refractivity contribution < 1.29 is 0 Å². The predicted molar refractivity (Wildman–Crippen MR) is 74.7 cm³/mol. The molecule has 0 fully saturated rings. The van der Waals surface area contributed by atoms with E-state index in [0.29, 0.717) is 6.04 Å². The smallest absolute Gasteiger partial charge is 0.0375 e. The first-order valence-electron chi connectivity index (χ1n) is 6.93. The van der Waals surface area contributed by atoms with E-state index in [9.17, 15) is 0 Å². The van der Waals surface area contributed by atoms with Crippen molar-refractivity contribution in [3.63, 3.8) is 0 Å². The lowest BCUT2D eigenvalue weighted by molar-refractivity contribution is 0.459. The predicted octanol–water partition coefficient (Wildman–Crippen LogP) is 2.98. The molecule has 2 N–H and O–H groups in total. The van der Waals surface area contributed by atoms with Crippen LogP contribution in [0.15, 0.2) is 18.2 Å². The Bertz CT molecular complexity index is 360. The SMILES string of the molecule is CCCNC1CCc2c(cccc2NCC)C1. The zero-order chi connectivity index (χ0) is 12.1. The molecule has 0 aromatic heterocycles. The van der Waals surface area contributed by atoms with E-state index < -0.39 is 0 Å². The molecule has 0 bridgehead atoms. The van der Waals surface area contributed by atoms with Gasteiger partial charge in [0.05, 0.1) is 0 Å². The molecule has 1 aliphatic carbocycles. The zero-order valence-electron chi connectivity index (χ0n) is 11.1. The number of rotatable bonds is 5. The standard InChI is InChI=1S/C15H24N2/c1-3-10-17-13-8-9-14-12(11-13)6-5-7-15(14)16-4-2/h5-7,13,16-17H,3-4,8-11H2,1-2H3. The molecular weight excluding hydrogens is 208 g/mol. The molecule has 0 spiro atoms. The van der Waals surface area contributed by atoms with Crippen LogP contribution < -0.4 is 10.6 Å². The van der Waals surface area contributed by atoms with E-state index >= 15 is 0 Å². The fraction of sp³-hybridized carbons (Fsp3) is 0.600. The Morgan fingerprint density at radius 2 is 2.18 bits per heavy atom. The number of anilines is 1. The summed E-state index contributed by atoms with van der Waals surface area (Å²) in [6.07, 6.45) is 4.89. The number of nitrogens with one attached hydrogen (secondary N) is 2. The van der Waals surface area contributed by atoms with Gasteiger partial charge in [-0.2, -0.15) is 0 Å². The van der Waals surface area contributed by atoms with Crippen molar-refractivity contribution in [2.75, 3.05) is 18.4 Å². The van der Waals surface area contributed by atoms with Crippen LogP contribution >= 0.6 is 0 Å². The number of hydrogen-bond acceptors (Lipinski definition) is 2. The highest BCUT2D eigenvalue weighted by atomic mass is 14.9. The molecule has 0 aliphatic heterocycles. The van der Waals surface area contributed by atoms with Gasteiger partial charge in [-0.25, -0.2) is 0 Å². The fourth-order valence-corrected chi connectivity index (χ4v) is 2.69. The Kier molecular flexibility index (Phi) is 4.43. The molecule has 94 valence electrons. The van der Waals surface area contributed by atoms with Crippen LogP contribution in [-0.4, -0.2) is 19.1 Å². The molecule has 2 heteroatoms. The van der Waals surface area contributed by atoms with Crippen LogP contribution in [0.5, 0.6) is 0 Å². The van der Waals surface area contributed by atoms with Crippen molar-refractivity contribution in [1.82, 2.24) is 5.32 Å². The summed E-state index contributed by atoms with van der Waals surface area (Å²) < 4.78 is 0. The Balaban J connectivity index is 2.08. The van der Waals surface area contributed by atoms with Crippen molar-refractivity contribution in [2.24, 2.45) is 0 Å². The molecule has 2 rings (SSSR count). The van der Waals surface area contributed by atoms with Crippen LogP contribution in [-0.2, 0) is 12.8 Å². The van der Waals surface area contributed by atoms with Gasteiger partial charge in [0, 0.05) is 18.3 Å². The fourth-order valence-electron chi connectivity index (χ4n) is 2.69. The first kappa shape index (κ1) is 12.4. The first-order valence-corrected chi connectivity index (χ1v) is 6.93. The summed E-state index contributed by atoms with van der Waals surface area (Å²) >= 11 is 0. The molecule has 1 atom stereocenters. The van der Waals surface area contributed by atoms with Gasteiger partial charge in [0.1, 0.15) is 0 Å². The lowest BCUT2D eigenvalue weighted by Crippen LogP contribution is -2.35. The molecule has 0 heterocycles. The van der Waals surface area contributed by atoms with Crippen molar-refractivity contribution >= 4 is 5.69 Å². The Morgan fingerprint density at radius 1 is 1.29 bits per heavy atom. The molecule has 0 amide bonds. The molecule has 0 saturated carbocycles. The normalized spacial score (nSPS) is 18.8. The van der Waals surface area contributed by atoms with Gasteiger partial charge in [0.25, 0.3) is 0 Å². The third-order valence-corrected chi connectivity index (χ3v) is 3.53. The first-order chi connectivity index (χ1) is 8.35. The van der Waals surface area contributed by atoms with Crippen molar-refractivity contribution in [3.05, 3.63) is 29.3 Å². The number of benzene rings is 1. The van der Waals surface area contributed by atoms with Crippen molar-refractivity contribution in [3.8, 4) is 0 Å². The molecule has 1 aliphatic rings. The third kappa shape index (κ3) is 3.01. The van der Waals surface area contributed by atoms with Crippen molar-refractivity contribution in [2.45, 2.75) is 45.6 Å². The van der Waals surface area contributed by atoms with Crippen LogP contribution in [0, 0.1) is 0 Å². The molecule has 2 nitrogen and oxygen atoms in total. The van der Waals surface area contributed by atoms with Crippen LogP contribution in [0.3, 0.4) is 0 Å². The monoisotopic (exact) mass is 232 g/mol. The Morgan fingerprint density at radius 3 is 2.94 bits per heavy atom. The molecule has 17 heavy (non-hydrogen) atoms. The van der Waals surface area contributed by atoms with Gasteiger partial charge >= 0.3 is 0 Å². The highest BCUT2D eigenvalue weighted by molar-refractivity contribution is 5.55. The highest BCUT2D eigenvalue weighted by Gasteiger charge is 2.19. The summed E-state index contributed by atoms with van der Waals surface area (Å²) in [7, 11) is 0. The highest BCUT2D eigenvalue weighted by Crippen LogP contribution is 2.27.